The minimum atomic E-state index is -0.752. The highest BCUT2D eigenvalue weighted by atomic mass is 19.1. The third-order valence-electron chi connectivity index (χ3n) is 7.29. The molecule has 2 aromatic heterocycles. The zero-order chi connectivity index (χ0) is 26.2. The van der Waals surface area contributed by atoms with Crippen LogP contribution in [0.5, 0.6) is 0 Å². The number of anilines is 2. The molecule has 1 aliphatic carbocycles. The quantitative estimate of drug-likeness (QED) is 0.325. The number of H-pyrrole nitrogens is 1. The van der Waals surface area contributed by atoms with Crippen molar-refractivity contribution in [1.29, 1.82) is 0 Å². The average molecular weight is 516 g/mol. The number of carbonyl (C=O) groups excluding carboxylic acids is 2. The molecule has 7 nitrogen and oxygen atoms in total. The van der Waals surface area contributed by atoms with Crippen LogP contribution in [0.3, 0.4) is 0 Å². The Morgan fingerprint density at radius 2 is 1.71 bits per heavy atom. The molecule has 2 fully saturated rings. The summed E-state index contributed by atoms with van der Waals surface area (Å²) in [6.45, 7) is 1.01. The fourth-order valence-electron chi connectivity index (χ4n) is 5.14. The van der Waals surface area contributed by atoms with E-state index in [2.05, 4.69) is 15.3 Å². The maximum atomic E-state index is 13.5. The number of aromatic amines is 1. The Kier molecular flexibility index (Phi) is 6.27. The number of fused-ring (bicyclic) bond motifs is 1. The van der Waals surface area contributed by atoms with Gasteiger partial charge in [-0.05, 0) is 73.2 Å². The number of rotatable bonds is 7. The first kappa shape index (κ1) is 24.1. The number of hydrogen-bond acceptors (Lipinski definition) is 4. The van der Waals surface area contributed by atoms with Gasteiger partial charge in [-0.15, -0.1) is 0 Å². The van der Waals surface area contributed by atoms with Crippen molar-refractivity contribution < 1.29 is 18.4 Å². The summed E-state index contributed by atoms with van der Waals surface area (Å²) in [6, 6.07) is 15.4. The molecule has 2 aromatic carbocycles. The molecule has 1 saturated heterocycles. The molecule has 4 aromatic rings. The van der Waals surface area contributed by atoms with Crippen molar-refractivity contribution in [2.45, 2.75) is 37.8 Å². The maximum Gasteiger partial charge on any atom is 0.254 e. The molecular weight excluding hydrogens is 488 g/mol. The van der Waals surface area contributed by atoms with Crippen molar-refractivity contribution in [3.8, 4) is 11.1 Å². The van der Waals surface area contributed by atoms with Crippen LogP contribution in [0.1, 0.15) is 36.0 Å². The summed E-state index contributed by atoms with van der Waals surface area (Å²) in [5.41, 5.74) is 3.78. The van der Waals surface area contributed by atoms with Crippen molar-refractivity contribution >= 4 is 34.9 Å². The molecule has 0 radical (unpaired) electrons. The van der Waals surface area contributed by atoms with Gasteiger partial charge in [0.25, 0.3) is 5.91 Å². The molecule has 38 heavy (non-hydrogen) atoms. The third kappa shape index (κ3) is 4.83. The van der Waals surface area contributed by atoms with Crippen molar-refractivity contribution in [1.82, 2.24) is 14.9 Å². The normalized spacial score (nSPS) is 16.0. The van der Waals surface area contributed by atoms with E-state index in [1.165, 1.54) is 0 Å². The van der Waals surface area contributed by atoms with Gasteiger partial charge in [-0.3, -0.25) is 14.5 Å². The van der Waals surface area contributed by atoms with E-state index in [9.17, 15) is 18.4 Å². The molecule has 6 rings (SSSR count). The van der Waals surface area contributed by atoms with E-state index < -0.39 is 11.6 Å². The topological polar surface area (TPSA) is 81.3 Å². The van der Waals surface area contributed by atoms with Crippen LogP contribution < -0.4 is 10.2 Å². The Balaban J connectivity index is 1.13. The monoisotopic (exact) mass is 515 g/mol. The molecule has 2 amide bonds. The van der Waals surface area contributed by atoms with E-state index >= 15 is 0 Å². The zero-order valence-electron chi connectivity index (χ0n) is 20.7. The number of aromatic nitrogens is 2. The standard InChI is InChI=1S/C29H27F2N5O2/c30-20-13-19(14-21(31)15-20)29(38)35-11-8-23(9-12-35)33-22-3-1-18(2-4-22)26-16-27(36(17-37)24-5-6-24)34-28-25(26)7-10-32-28/h1-4,7,10,13-17,23-24,33H,5-6,8-9,11-12H2,(H,32,34). The molecular formula is C29H27F2N5O2. The molecule has 194 valence electrons. The predicted octanol–water partition coefficient (Wildman–Crippen LogP) is 5.35. The van der Waals surface area contributed by atoms with E-state index in [0.29, 0.717) is 18.9 Å². The van der Waals surface area contributed by atoms with Gasteiger partial charge in [0, 0.05) is 54.1 Å². The Bertz CT molecular complexity index is 1470. The highest BCUT2D eigenvalue weighted by Gasteiger charge is 2.30. The van der Waals surface area contributed by atoms with Gasteiger partial charge in [0.15, 0.2) is 0 Å². The minimum Gasteiger partial charge on any atom is -0.382 e. The Labute approximate surface area is 218 Å². The van der Waals surface area contributed by atoms with Crippen LogP contribution in [0.2, 0.25) is 0 Å². The highest BCUT2D eigenvalue weighted by Crippen LogP contribution is 2.35. The first-order chi connectivity index (χ1) is 18.5. The van der Waals surface area contributed by atoms with Crippen LogP contribution in [0.15, 0.2) is 60.8 Å². The fourth-order valence-corrected chi connectivity index (χ4v) is 5.14. The van der Waals surface area contributed by atoms with Crippen LogP contribution in [-0.4, -0.2) is 52.4 Å². The largest absolute Gasteiger partial charge is 0.382 e. The fraction of sp³-hybridized carbons (Fsp3) is 0.276. The number of benzene rings is 2. The van der Waals surface area contributed by atoms with E-state index in [0.717, 1.165) is 78.1 Å². The number of carbonyl (C=O) groups is 2. The van der Waals surface area contributed by atoms with Crippen LogP contribution in [0, 0.1) is 11.6 Å². The smallest absolute Gasteiger partial charge is 0.254 e. The van der Waals surface area contributed by atoms with Crippen molar-refractivity contribution in [3.63, 3.8) is 0 Å². The summed E-state index contributed by atoms with van der Waals surface area (Å²) in [5, 5.41) is 4.53. The summed E-state index contributed by atoms with van der Waals surface area (Å²) >= 11 is 0. The number of nitrogens with zero attached hydrogens (tertiary/aromatic N) is 3. The predicted molar refractivity (Wildman–Crippen MR) is 142 cm³/mol. The minimum absolute atomic E-state index is 0.0358. The highest BCUT2D eigenvalue weighted by molar-refractivity contribution is 5.96. The van der Waals surface area contributed by atoms with Gasteiger partial charge >= 0.3 is 0 Å². The molecule has 9 heteroatoms. The van der Waals surface area contributed by atoms with Gasteiger partial charge in [-0.25, -0.2) is 13.8 Å². The summed E-state index contributed by atoms with van der Waals surface area (Å²) < 4.78 is 27.0. The number of hydrogen-bond donors (Lipinski definition) is 2. The summed E-state index contributed by atoms with van der Waals surface area (Å²) in [5.74, 6) is -1.21. The second-order valence-electron chi connectivity index (χ2n) is 9.96. The molecule has 2 aliphatic rings. The van der Waals surface area contributed by atoms with Crippen LogP contribution in [0.4, 0.5) is 20.3 Å². The molecule has 1 saturated carbocycles. The lowest BCUT2D eigenvalue weighted by atomic mass is 10.0. The van der Waals surface area contributed by atoms with Crippen molar-refractivity contribution in [2.75, 3.05) is 23.3 Å². The Hall–Kier alpha value is -4.27. The second kappa shape index (κ2) is 9.89. The van der Waals surface area contributed by atoms with Gasteiger partial charge in [-0.1, -0.05) is 12.1 Å². The molecule has 3 heterocycles. The number of piperidine rings is 1. The summed E-state index contributed by atoms with van der Waals surface area (Å²) in [4.78, 5) is 35.6. The van der Waals surface area contributed by atoms with Gasteiger partial charge in [0.1, 0.15) is 23.1 Å². The molecule has 0 atom stereocenters. The summed E-state index contributed by atoms with van der Waals surface area (Å²) in [6.07, 6.45) is 6.16. The van der Waals surface area contributed by atoms with Crippen LogP contribution in [-0.2, 0) is 4.79 Å². The van der Waals surface area contributed by atoms with E-state index in [1.807, 2.05) is 42.6 Å². The van der Waals surface area contributed by atoms with Gasteiger partial charge in [0.2, 0.25) is 6.41 Å². The molecule has 1 aliphatic heterocycles. The number of halogens is 2. The average Bonchev–Trinajstić information content (AvgIpc) is 3.64. The van der Waals surface area contributed by atoms with Crippen LogP contribution in [0.25, 0.3) is 22.2 Å². The van der Waals surface area contributed by atoms with Crippen molar-refractivity contribution in [3.05, 3.63) is 78.0 Å². The molecule has 0 unspecified atom stereocenters. The van der Waals surface area contributed by atoms with E-state index in [4.69, 9.17) is 0 Å². The number of likely N-dealkylation sites (tertiary alicyclic amines) is 1. The van der Waals surface area contributed by atoms with Gasteiger partial charge in [0.05, 0.1) is 0 Å². The SMILES string of the molecule is O=CN(c1cc(-c2ccc(NC3CCN(C(=O)c4cc(F)cc(F)c4)CC3)cc2)c2cc[nH]c2n1)C1CC1. The van der Waals surface area contributed by atoms with Gasteiger partial charge < -0.3 is 15.2 Å². The van der Waals surface area contributed by atoms with E-state index in [-0.39, 0.29) is 23.6 Å². The van der Waals surface area contributed by atoms with Crippen LogP contribution >= 0.6 is 0 Å². The number of nitrogens with one attached hydrogen (secondary N) is 2. The second-order valence-corrected chi connectivity index (χ2v) is 9.96. The third-order valence-corrected chi connectivity index (χ3v) is 7.29. The van der Waals surface area contributed by atoms with Gasteiger partial charge in [-0.2, -0.15) is 0 Å². The number of pyridine rings is 1. The molecule has 2 N–H and O–H groups in total. The zero-order valence-corrected chi connectivity index (χ0v) is 20.7. The first-order valence-electron chi connectivity index (χ1n) is 12.8. The van der Waals surface area contributed by atoms with E-state index in [1.54, 1.807) is 9.80 Å². The lowest BCUT2D eigenvalue weighted by molar-refractivity contribution is -0.107. The van der Waals surface area contributed by atoms with Crippen molar-refractivity contribution in [2.24, 2.45) is 0 Å². The lowest BCUT2D eigenvalue weighted by Crippen LogP contribution is -2.42. The number of amides is 2. The summed E-state index contributed by atoms with van der Waals surface area (Å²) in [7, 11) is 0. The Morgan fingerprint density at radius 1 is 1.00 bits per heavy atom. The molecule has 0 bridgehead atoms. The Morgan fingerprint density at radius 3 is 2.37 bits per heavy atom. The first-order valence-corrected chi connectivity index (χ1v) is 12.8. The lowest BCUT2D eigenvalue weighted by Gasteiger charge is -2.33. The maximum absolute atomic E-state index is 13.5. The molecule has 0 spiro atoms.